The fraction of sp³-hybridized carbons (Fsp3) is 0.222. The number of pyridine rings is 1. The minimum atomic E-state index is -0.571. The molecule has 0 aliphatic rings. The molecular formula is C9H7N5O2. The Bertz CT molecular complexity index is 479. The van der Waals surface area contributed by atoms with Gasteiger partial charge in [-0.3, -0.25) is 0 Å². The highest BCUT2D eigenvalue weighted by atomic mass is 16.6. The Balaban J connectivity index is 2.61. The maximum Gasteiger partial charge on any atom is 0.363 e. The number of hydrogen-bond donors (Lipinski definition) is 0. The van der Waals surface area contributed by atoms with Gasteiger partial charge >= 0.3 is 5.82 Å². The van der Waals surface area contributed by atoms with E-state index in [9.17, 15) is 10.1 Å². The van der Waals surface area contributed by atoms with Crippen molar-refractivity contribution in [1.29, 1.82) is 0 Å². The average Bonchev–Trinajstić information content (AvgIpc) is 2.29. The second kappa shape index (κ2) is 6.01. The van der Waals surface area contributed by atoms with Crippen LogP contribution >= 0.6 is 0 Å². The maximum absolute atomic E-state index is 10.3. The lowest BCUT2D eigenvalue weighted by Gasteiger charge is -1.90. The normalized spacial score (nSPS) is 8.50. The second-order valence-electron chi connectivity index (χ2n) is 2.67. The van der Waals surface area contributed by atoms with Crippen molar-refractivity contribution in [3.8, 4) is 11.8 Å². The lowest BCUT2D eigenvalue weighted by Crippen LogP contribution is -1.91. The van der Waals surface area contributed by atoms with E-state index in [2.05, 4.69) is 26.9 Å². The summed E-state index contributed by atoms with van der Waals surface area (Å²) in [6, 6.07) is 2.81. The van der Waals surface area contributed by atoms with Crippen molar-refractivity contribution in [3.05, 3.63) is 44.5 Å². The molecule has 0 saturated heterocycles. The summed E-state index contributed by atoms with van der Waals surface area (Å²) in [6.45, 7) is 0.309. The number of hydrogen-bond acceptors (Lipinski definition) is 4. The topological polar surface area (TPSA) is 105 Å². The summed E-state index contributed by atoms with van der Waals surface area (Å²) >= 11 is 0. The van der Waals surface area contributed by atoms with Crippen LogP contribution in [0.1, 0.15) is 12.0 Å². The molecule has 0 spiro atoms. The Hall–Kier alpha value is -2.58. The largest absolute Gasteiger partial charge is 0.363 e. The summed E-state index contributed by atoms with van der Waals surface area (Å²) in [5, 5.41) is 13.6. The van der Waals surface area contributed by atoms with Crippen LogP contribution < -0.4 is 0 Å². The van der Waals surface area contributed by atoms with Crippen LogP contribution in [0.25, 0.3) is 10.4 Å². The Labute approximate surface area is 90.9 Å². The molecule has 0 atom stereocenters. The lowest BCUT2D eigenvalue weighted by molar-refractivity contribution is -0.389. The highest BCUT2D eigenvalue weighted by Crippen LogP contribution is 2.06. The van der Waals surface area contributed by atoms with Gasteiger partial charge in [-0.05, 0) is 21.5 Å². The van der Waals surface area contributed by atoms with Gasteiger partial charge in [-0.25, -0.2) is 0 Å². The van der Waals surface area contributed by atoms with Crippen LogP contribution in [-0.4, -0.2) is 16.5 Å². The van der Waals surface area contributed by atoms with Gasteiger partial charge in [0.15, 0.2) is 6.20 Å². The number of nitro groups is 1. The predicted molar refractivity (Wildman–Crippen MR) is 56.4 cm³/mol. The van der Waals surface area contributed by atoms with Crippen LogP contribution in [0.2, 0.25) is 0 Å². The van der Waals surface area contributed by atoms with E-state index in [0.717, 1.165) is 0 Å². The molecule has 0 saturated carbocycles. The molecule has 1 aromatic rings. The lowest BCUT2D eigenvalue weighted by atomic mass is 10.3. The fourth-order valence-electron chi connectivity index (χ4n) is 0.883. The molecule has 0 unspecified atom stereocenters. The zero-order valence-electron chi connectivity index (χ0n) is 8.20. The SMILES string of the molecule is [N-]=[N+]=NCCC#Cc1ccc([N+](=O)[O-])nc1. The third-order valence-electron chi connectivity index (χ3n) is 1.57. The van der Waals surface area contributed by atoms with Crippen molar-refractivity contribution in [2.24, 2.45) is 5.11 Å². The van der Waals surface area contributed by atoms with Gasteiger partial charge in [0.1, 0.15) is 0 Å². The highest BCUT2D eigenvalue weighted by Gasteiger charge is 2.04. The standard InChI is InChI=1S/C9H7N5O2/c10-13-12-6-2-1-3-8-4-5-9(11-7-8)14(15)16/h4-5,7H,2,6H2. The van der Waals surface area contributed by atoms with Crippen LogP contribution in [-0.2, 0) is 0 Å². The zero-order chi connectivity index (χ0) is 11.8. The molecule has 0 aliphatic carbocycles. The Morgan fingerprint density at radius 2 is 2.44 bits per heavy atom. The van der Waals surface area contributed by atoms with Crippen LogP contribution in [0.15, 0.2) is 23.4 Å². The van der Waals surface area contributed by atoms with Gasteiger partial charge in [0.25, 0.3) is 0 Å². The number of azide groups is 1. The maximum atomic E-state index is 10.3. The van der Waals surface area contributed by atoms with Gasteiger partial charge in [0.2, 0.25) is 0 Å². The minimum Gasteiger partial charge on any atom is -0.358 e. The molecular weight excluding hydrogens is 210 g/mol. The summed E-state index contributed by atoms with van der Waals surface area (Å²) in [4.78, 5) is 15.9. The van der Waals surface area contributed by atoms with E-state index < -0.39 is 4.92 Å². The van der Waals surface area contributed by atoms with Gasteiger partial charge in [-0.2, -0.15) is 0 Å². The van der Waals surface area contributed by atoms with Crippen molar-refractivity contribution in [3.63, 3.8) is 0 Å². The molecule has 0 aliphatic heterocycles. The first-order valence-corrected chi connectivity index (χ1v) is 4.34. The molecule has 0 N–H and O–H groups in total. The molecule has 16 heavy (non-hydrogen) atoms. The number of aromatic nitrogens is 1. The minimum absolute atomic E-state index is 0.209. The first kappa shape index (κ1) is 11.5. The number of rotatable bonds is 3. The molecule has 0 aromatic carbocycles. The highest BCUT2D eigenvalue weighted by molar-refractivity contribution is 5.35. The van der Waals surface area contributed by atoms with Gasteiger partial charge in [0, 0.05) is 23.9 Å². The van der Waals surface area contributed by atoms with Crippen molar-refractivity contribution in [2.45, 2.75) is 6.42 Å². The third-order valence-corrected chi connectivity index (χ3v) is 1.57. The van der Waals surface area contributed by atoms with Crippen molar-refractivity contribution >= 4 is 5.82 Å². The van der Waals surface area contributed by atoms with Gasteiger partial charge in [-0.1, -0.05) is 17.0 Å². The van der Waals surface area contributed by atoms with Gasteiger partial charge < -0.3 is 10.1 Å². The Morgan fingerprint density at radius 1 is 1.62 bits per heavy atom. The summed E-state index contributed by atoms with van der Waals surface area (Å²) in [5.41, 5.74) is 8.59. The summed E-state index contributed by atoms with van der Waals surface area (Å²) in [5.74, 6) is 5.30. The average molecular weight is 217 g/mol. The summed E-state index contributed by atoms with van der Waals surface area (Å²) < 4.78 is 0. The molecule has 7 heteroatoms. The predicted octanol–water partition coefficient (Wildman–Crippen LogP) is 2.04. The third kappa shape index (κ3) is 3.65. The van der Waals surface area contributed by atoms with Gasteiger partial charge in [0.05, 0.1) is 5.56 Å². The molecule has 7 nitrogen and oxygen atoms in total. The molecule has 0 bridgehead atoms. The van der Waals surface area contributed by atoms with E-state index in [0.29, 0.717) is 18.5 Å². The summed E-state index contributed by atoms with van der Waals surface area (Å²) in [7, 11) is 0. The Morgan fingerprint density at radius 3 is 3.00 bits per heavy atom. The molecule has 80 valence electrons. The smallest absolute Gasteiger partial charge is 0.358 e. The zero-order valence-corrected chi connectivity index (χ0v) is 8.20. The van der Waals surface area contributed by atoms with Crippen LogP contribution in [0.3, 0.4) is 0 Å². The van der Waals surface area contributed by atoms with E-state index in [1.807, 2.05) is 0 Å². The quantitative estimate of drug-likeness (QED) is 0.147. The Kier molecular flexibility index (Phi) is 4.32. The van der Waals surface area contributed by atoms with Crippen LogP contribution in [0, 0.1) is 22.0 Å². The molecule has 1 aromatic heterocycles. The van der Waals surface area contributed by atoms with E-state index in [4.69, 9.17) is 5.53 Å². The first-order chi connectivity index (χ1) is 7.74. The molecule has 1 heterocycles. The van der Waals surface area contributed by atoms with Crippen LogP contribution in [0.5, 0.6) is 0 Å². The first-order valence-electron chi connectivity index (χ1n) is 4.34. The van der Waals surface area contributed by atoms with E-state index in [1.54, 1.807) is 0 Å². The fourth-order valence-corrected chi connectivity index (χ4v) is 0.883. The molecule has 0 fully saturated rings. The second-order valence-corrected chi connectivity index (χ2v) is 2.67. The number of nitrogens with zero attached hydrogens (tertiary/aromatic N) is 5. The van der Waals surface area contributed by atoms with Crippen molar-refractivity contribution in [2.75, 3.05) is 6.54 Å². The molecule has 1 rings (SSSR count). The van der Waals surface area contributed by atoms with E-state index in [-0.39, 0.29) is 5.82 Å². The summed E-state index contributed by atoms with van der Waals surface area (Å²) in [6.07, 6.45) is 1.78. The van der Waals surface area contributed by atoms with Crippen LogP contribution in [0.4, 0.5) is 5.82 Å². The van der Waals surface area contributed by atoms with E-state index >= 15 is 0 Å². The monoisotopic (exact) mass is 217 g/mol. The van der Waals surface area contributed by atoms with Gasteiger partial charge in [-0.15, -0.1) is 0 Å². The molecule has 0 radical (unpaired) electrons. The van der Waals surface area contributed by atoms with E-state index in [1.165, 1.54) is 18.3 Å². The van der Waals surface area contributed by atoms with Crippen molar-refractivity contribution < 1.29 is 4.92 Å². The van der Waals surface area contributed by atoms with Crippen molar-refractivity contribution in [1.82, 2.24) is 4.98 Å². The molecule has 0 amide bonds.